The number of halogens is 2. The molecule has 2 unspecified atom stereocenters. The smallest absolute Gasteiger partial charge is 0.240 e. The van der Waals surface area contributed by atoms with Gasteiger partial charge in [0, 0.05) is 11.1 Å². The number of hydrogen-bond donors (Lipinski definition) is 2. The van der Waals surface area contributed by atoms with E-state index in [-0.39, 0.29) is 4.90 Å². The quantitative estimate of drug-likeness (QED) is 0.877. The van der Waals surface area contributed by atoms with Crippen LogP contribution in [0.3, 0.4) is 0 Å². The molecule has 22 heavy (non-hydrogen) atoms. The Labute approximate surface area is 133 Å². The third kappa shape index (κ3) is 4.04. The van der Waals surface area contributed by atoms with Crippen molar-refractivity contribution < 1.29 is 17.9 Å². The molecule has 0 bridgehead atoms. The van der Waals surface area contributed by atoms with Gasteiger partial charge in [-0.05, 0) is 48.9 Å². The van der Waals surface area contributed by atoms with Gasteiger partial charge in [-0.15, -0.1) is 0 Å². The normalized spacial score (nSPS) is 14.5. The molecule has 0 aliphatic carbocycles. The lowest BCUT2D eigenvalue weighted by Gasteiger charge is -2.20. The van der Waals surface area contributed by atoms with Gasteiger partial charge in [-0.3, -0.25) is 0 Å². The Morgan fingerprint density at radius 3 is 2.18 bits per heavy atom. The Kier molecular flexibility index (Phi) is 5.18. The van der Waals surface area contributed by atoms with Crippen LogP contribution in [0.25, 0.3) is 0 Å². The maximum absolute atomic E-state index is 12.9. The number of benzene rings is 2. The summed E-state index contributed by atoms with van der Waals surface area (Å²) < 4.78 is 39.6. The molecule has 2 aromatic carbocycles. The van der Waals surface area contributed by atoms with Crippen molar-refractivity contribution in [3.63, 3.8) is 0 Å². The van der Waals surface area contributed by atoms with E-state index in [0.29, 0.717) is 10.6 Å². The van der Waals surface area contributed by atoms with Crippen LogP contribution in [-0.2, 0) is 10.0 Å². The van der Waals surface area contributed by atoms with Crippen molar-refractivity contribution in [2.75, 3.05) is 0 Å². The van der Waals surface area contributed by atoms with Crippen LogP contribution in [0, 0.1) is 5.82 Å². The predicted molar refractivity (Wildman–Crippen MR) is 82.6 cm³/mol. The van der Waals surface area contributed by atoms with Gasteiger partial charge in [0.05, 0.1) is 11.0 Å². The van der Waals surface area contributed by atoms with E-state index in [4.69, 9.17) is 11.6 Å². The van der Waals surface area contributed by atoms with E-state index < -0.39 is 28.0 Å². The van der Waals surface area contributed by atoms with Crippen LogP contribution < -0.4 is 4.72 Å². The molecular formula is C15H15ClFNO3S. The van der Waals surface area contributed by atoms with Crippen LogP contribution in [0.15, 0.2) is 53.4 Å². The number of nitrogens with one attached hydrogen (secondary N) is 1. The highest BCUT2D eigenvalue weighted by Gasteiger charge is 2.23. The summed E-state index contributed by atoms with van der Waals surface area (Å²) in [5.41, 5.74) is 0.540. The Morgan fingerprint density at radius 2 is 1.64 bits per heavy atom. The van der Waals surface area contributed by atoms with Gasteiger partial charge in [0.15, 0.2) is 0 Å². The summed E-state index contributed by atoms with van der Waals surface area (Å²) in [4.78, 5) is -0.0657. The van der Waals surface area contributed by atoms with Gasteiger partial charge < -0.3 is 5.11 Å². The molecule has 0 aliphatic rings. The number of aliphatic hydroxyl groups is 1. The number of rotatable bonds is 5. The predicted octanol–water partition coefficient (Wildman–Crippen LogP) is 2.88. The second-order valence-electron chi connectivity index (χ2n) is 4.86. The molecule has 0 amide bonds. The van der Waals surface area contributed by atoms with E-state index in [1.54, 1.807) is 31.2 Å². The van der Waals surface area contributed by atoms with Gasteiger partial charge in [0.1, 0.15) is 5.82 Å². The van der Waals surface area contributed by atoms with Crippen LogP contribution in [0.4, 0.5) is 4.39 Å². The summed E-state index contributed by atoms with van der Waals surface area (Å²) in [6, 6.07) is 10.2. The SMILES string of the molecule is CC(NS(=O)(=O)c1ccc(F)cc1)C(O)c1ccc(Cl)cc1. The van der Waals surface area contributed by atoms with Crippen LogP contribution in [0.5, 0.6) is 0 Å². The molecule has 2 atom stereocenters. The fraction of sp³-hybridized carbons (Fsp3) is 0.200. The molecule has 2 aromatic rings. The zero-order chi connectivity index (χ0) is 16.3. The molecule has 0 saturated heterocycles. The summed E-state index contributed by atoms with van der Waals surface area (Å²) in [6.07, 6.45) is -1.03. The first-order chi connectivity index (χ1) is 10.3. The minimum atomic E-state index is -3.84. The van der Waals surface area contributed by atoms with Crippen LogP contribution in [0.1, 0.15) is 18.6 Å². The molecule has 0 saturated carbocycles. The van der Waals surface area contributed by atoms with Crippen LogP contribution >= 0.6 is 11.6 Å². The van der Waals surface area contributed by atoms with E-state index in [2.05, 4.69) is 4.72 Å². The molecule has 0 fully saturated rings. The monoisotopic (exact) mass is 343 g/mol. The molecule has 0 aromatic heterocycles. The first-order valence-electron chi connectivity index (χ1n) is 6.51. The van der Waals surface area contributed by atoms with E-state index in [1.165, 1.54) is 12.1 Å². The third-order valence-corrected chi connectivity index (χ3v) is 4.98. The minimum Gasteiger partial charge on any atom is -0.387 e. The fourth-order valence-corrected chi connectivity index (χ4v) is 3.31. The molecule has 2 rings (SSSR count). The topological polar surface area (TPSA) is 66.4 Å². The maximum atomic E-state index is 12.9. The summed E-state index contributed by atoms with van der Waals surface area (Å²) in [6.45, 7) is 1.54. The fourth-order valence-electron chi connectivity index (χ4n) is 1.94. The summed E-state index contributed by atoms with van der Waals surface area (Å²) in [7, 11) is -3.84. The van der Waals surface area contributed by atoms with Crippen molar-refractivity contribution >= 4 is 21.6 Å². The van der Waals surface area contributed by atoms with Crippen LogP contribution in [0.2, 0.25) is 5.02 Å². The lowest BCUT2D eigenvalue weighted by Crippen LogP contribution is -2.37. The molecule has 2 N–H and O–H groups in total. The zero-order valence-electron chi connectivity index (χ0n) is 11.7. The molecule has 0 aliphatic heterocycles. The van der Waals surface area contributed by atoms with Crippen molar-refractivity contribution in [1.82, 2.24) is 4.72 Å². The molecular weight excluding hydrogens is 329 g/mol. The molecule has 0 heterocycles. The highest BCUT2D eigenvalue weighted by atomic mass is 35.5. The highest BCUT2D eigenvalue weighted by molar-refractivity contribution is 7.89. The highest BCUT2D eigenvalue weighted by Crippen LogP contribution is 2.21. The average Bonchev–Trinajstić information content (AvgIpc) is 2.47. The third-order valence-electron chi connectivity index (χ3n) is 3.15. The Bertz CT molecular complexity index is 732. The van der Waals surface area contributed by atoms with Crippen molar-refractivity contribution in [3.05, 3.63) is 64.9 Å². The first kappa shape index (κ1) is 16.9. The Morgan fingerprint density at radius 1 is 1.09 bits per heavy atom. The van der Waals surface area contributed by atoms with Crippen molar-refractivity contribution in [2.24, 2.45) is 0 Å². The van der Waals surface area contributed by atoms with Crippen molar-refractivity contribution in [2.45, 2.75) is 24.0 Å². The van der Waals surface area contributed by atoms with Gasteiger partial charge >= 0.3 is 0 Å². The standard InChI is InChI=1S/C15H15ClFNO3S/c1-10(15(19)11-2-4-12(16)5-3-11)18-22(20,21)14-8-6-13(17)7-9-14/h2-10,15,18-19H,1H3. The second-order valence-corrected chi connectivity index (χ2v) is 7.01. The summed E-state index contributed by atoms with van der Waals surface area (Å²) in [5, 5.41) is 10.7. The first-order valence-corrected chi connectivity index (χ1v) is 8.37. The van der Waals surface area contributed by atoms with Gasteiger partial charge in [-0.1, -0.05) is 23.7 Å². The van der Waals surface area contributed by atoms with Gasteiger partial charge in [0.25, 0.3) is 0 Å². The lowest BCUT2D eigenvalue weighted by atomic mass is 10.0. The van der Waals surface area contributed by atoms with E-state index in [1.807, 2.05) is 0 Å². The van der Waals surface area contributed by atoms with Crippen LogP contribution in [-0.4, -0.2) is 19.6 Å². The average molecular weight is 344 g/mol. The Hall–Kier alpha value is -1.47. The van der Waals surface area contributed by atoms with Crippen molar-refractivity contribution in [1.29, 1.82) is 0 Å². The van der Waals surface area contributed by atoms with Gasteiger partial charge in [-0.25, -0.2) is 17.5 Å². The largest absolute Gasteiger partial charge is 0.387 e. The van der Waals surface area contributed by atoms with Gasteiger partial charge in [-0.2, -0.15) is 0 Å². The number of hydrogen-bond acceptors (Lipinski definition) is 3. The maximum Gasteiger partial charge on any atom is 0.240 e. The molecule has 0 radical (unpaired) electrons. The number of sulfonamides is 1. The molecule has 0 spiro atoms. The molecule has 118 valence electrons. The Balaban J connectivity index is 2.14. The zero-order valence-corrected chi connectivity index (χ0v) is 13.3. The molecule has 7 heteroatoms. The van der Waals surface area contributed by atoms with E-state index >= 15 is 0 Å². The summed E-state index contributed by atoms with van der Waals surface area (Å²) in [5.74, 6) is -0.520. The van der Waals surface area contributed by atoms with E-state index in [0.717, 1.165) is 12.1 Å². The van der Waals surface area contributed by atoms with Crippen molar-refractivity contribution in [3.8, 4) is 0 Å². The number of aliphatic hydroxyl groups excluding tert-OH is 1. The molecule has 4 nitrogen and oxygen atoms in total. The minimum absolute atomic E-state index is 0.0657. The van der Waals surface area contributed by atoms with Gasteiger partial charge in [0.2, 0.25) is 10.0 Å². The summed E-state index contributed by atoms with van der Waals surface area (Å²) >= 11 is 5.77. The second kappa shape index (κ2) is 6.75. The van der Waals surface area contributed by atoms with E-state index in [9.17, 15) is 17.9 Å². The lowest BCUT2D eigenvalue weighted by molar-refractivity contribution is 0.146.